The molecule has 148 valence electrons. The standard InChI is InChI=1S/C23H26ClNO3/c1-15(2)21(17-5-7-18(24)8-6-17)22(26)25-12-10-23(11-13-25)27-19-9-4-16(3)14-20(19)28-23/h4-9,14-15,21H,10-13H2,1-3H3/t21-/m0/s1. The summed E-state index contributed by atoms with van der Waals surface area (Å²) in [6, 6.07) is 13.6. The predicted molar refractivity (Wildman–Crippen MR) is 110 cm³/mol. The molecule has 1 saturated heterocycles. The Kier molecular flexibility index (Phi) is 5.00. The first-order chi connectivity index (χ1) is 13.4. The van der Waals surface area contributed by atoms with E-state index in [9.17, 15) is 4.79 Å². The molecule has 0 saturated carbocycles. The minimum absolute atomic E-state index is 0.165. The third-order valence-electron chi connectivity index (χ3n) is 5.69. The maximum atomic E-state index is 13.3. The number of rotatable bonds is 3. The number of likely N-dealkylation sites (tertiary alicyclic amines) is 1. The van der Waals surface area contributed by atoms with Crippen LogP contribution in [0.1, 0.15) is 43.7 Å². The topological polar surface area (TPSA) is 38.8 Å². The Morgan fingerprint density at radius 1 is 1.04 bits per heavy atom. The van der Waals surface area contributed by atoms with Crippen molar-refractivity contribution in [3.8, 4) is 11.5 Å². The van der Waals surface area contributed by atoms with Crippen molar-refractivity contribution in [2.45, 2.75) is 45.3 Å². The lowest BCUT2D eigenvalue weighted by Crippen LogP contribution is -2.52. The average Bonchev–Trinajstić information content (AvgIpc) is 3.00. The van der Waals surface area contributed by atoms with Gasteiger partial charge in [0, 0.05) is 31.0 Å². The molecule has 2 heterocycles. The molecular formula is C23H26ClNO3. The van der Waals surface area contributed by atoms with Crippen molar-refractivity contribution in [1.82, 2.24) is 4.90 Å². The molecule has 1 atom stereocenters. The van der Waals surface area contributed by atoms with Gasteiger partial charge in [-0.15, -0.1) is 0 Å². The molecule has 2 aliphatic rings. The molecule has 0 radical (unpaired) electrons. The van der Waals surface area contributed by atoms with E-state index in [0.29, 0.717) is 31.0 Å². The highest BCUT2D eigenvalue weighted by Crippen LogP contribution is 2.44. The summed E-state index contributed by atoms with van der Waals surface area (Å²) in [6.07, 6.45) is 1.33. The molecule has 0 aliphatic carbocycles. The number of carbonyl (C=O) groups is 1. The Morgan fingerprint density at radius 2 is 1.68 bits per heavy atom. The fourth-order valence-electron chi connectivity index (χ4n) is 4.15. The molecule has 1 amide bonds. The summed E-state index contributed by atoms with van der Waals surface area (Å²) in [5.41, 5.74) is 2.16. The van der Waals surface area contributed by atoms with Gasteiger partial charge in [0.25, 0.3) is 5.79 Å². The zero-order valence-electron chi connectivity index (χ0n) is 16.6. The first kappa shape index (κ1) is 19.1. The number of halogens is 1. The zero-order chi connectivity index (χ0) is 19.9. The fourth-order valence-corrected chi connectivity index (χ4v) is 4.28. The summed E-state index contributed by atoms with van der Waals surface area (Å²) in [6.45, 7) is 7.47. The minimum atomic E-state index is -0.638. The number of piperidine rings is 1. The number of aryl methyl sites for hydroxylation is 1. The lowest BCUT2D eigenvalue weighted by atomic mass is 9.86. The zero-order valence-corrected chi connectivity index (χ0v) is 17.3. The quantitative estimate of drug-likeness (QED) is 0.713. The molecule has 2 aromatic rings. The van der Waals surface area contributed by atoms with Crippen molar-refractivity contribution >= 4 is 17.5 Å². The van der Waals surface area contributed by atoms with Gasteiger partial charge in [-0.2, -0.15) is 0 Å². The molecule has 1 spiro atoms. The smallest absolute Gasteiger partial charge is 0.255 e. The van der Waals surface area contributed by atoms with Crippen molar-refractivity contribution < 1.29 is 14.3 Å². The van der Waals surface area contributed by atoms with E-state index in [0.717, 1.165) is 22.6 Å². The normalized spacial score (nSPS) is 18.5. The monoisotopic (exact) mass is 399 g/mol. The number of ether oxygens (including phenoxy) is 2. The van der Waals surface area contributed by atoms with Crippen LogP contribution in [-0.2, 0) is 4.79 Å². The maximum Gasteiger partial charge on any atom is 0.255 e. The van der Waals surface area contributed by atoms with Gasteiger partial charge in [0.1, 0.15) is 0 Å². The Labute approximate surface area is 171 Å². The van der Waals surface area contributed by atoms with E-state index in [1.54, 1.807) is 0 Å². The van der Waals surface area contributed by atoms with Crippen LogP contribution in [0.4, 0.5) is 0 Å². The predicted octanol–water partition coefficient (Wildman–Crippen LogP) is 5.18. The van der Waals surface area contributed by atoms with Gasteiger partial charge in [0.05, 0.1) is 5.92 Å². The van der Waals surface area contributed by atoms with Crippen LogP contribution in [-0.4, -0.2) is 29.7 Å². The van der Waals surface area contributed by atoms with Crippen molar-refractivity contribution in [3.05, 3.63) is 58.6 Å². The largest absolute Gasteiger partial charge is 0.448 e. The maximum absolute atomic E-state index is 13.3. The summed E-state index contributed by atoms with van der Waals surface area (Å²) in [5.74, 6) is 1.17. The van der Waals surface area contributed by atoms with E-state index in [-0.39, 0.29) is 17.7 Å². The van der Waals surface area contributed by atoms with E-state index in [1.807, 2.05) is 54.3 Å². The summed E-state index contributed by atoms with van der Waals surface area (Å²) in [4.78, 5) is 15.3. The summed E-state index contributed by atoms with van der Waals surface area (Å²) < 4.78 is 12.3. The van der Waals surface area contributed by atoms with Crippen LogP contribution in [0, 0.1) is 12.8 Å². The van der Waals surface area contributed by atoms with E-state index in [1.165, 1.54) is 0 Å². The molecule has 4 rings (SSSR count). The Bertz CT molecular complexity index is 870. The van der Waals surface area contributed by atoms with Gasteiger partial charge in [-0.3, -0.25) is 4.79 Å². The van der Waals surface area contributed by atoms with Crippen LogP contribution in [0.3, 0.4) is 0 Å². The van der Waals surface area contributed by atoms with Crippen LogP contribution in [0.2, 0.25) is 5.02 Å². The van der Waals surface area contributed by atoms with Crippen molar-refractivity contribution in [2.24, 2.45) is 5.92 Å². The highest BCUT2D eigenvalue weighted by molar-refractivity contribution is 6.30. The van der Waals surface area contributed by atoms with E-state index in [2.05, 4.69) is 13.8 Å². The lowest BCUT2D eigenvalue weighted by molar-refractivity contribution is -0.148. The lowest BCUT2D eigenvalue weighted by Gasteiger charge is -2.39. The van der Waals surface area contributed by atoms with E-state index in [4.69, 9.17) is 21.1 Å². The van der Waals surface area contributed by atoms with Gasteiger partial charge < -0.3 is 14.4 Å². The number of carbonyl (C=O) groups excluding carboxylic acids is 1. The molecule has 1 fully saturated rings. The van der Waals surface area contributed by atoms with Crippen LogP contribution >= 0.6 is 11.6 Å². The van der Waals surface area contributed by atoms with Gasteiger partial charge >= 0.3 is 0 Å². The van der Waals surface area contributed by atoms with E-state index < -0.39 is 5.79 Å². The number of benzene rings is 2. The molecule has 2 aliphatic heterocycles. The van der Waals surface area contributed by atoms with Crippen molar-refractivity contribution in [1.29, 1.82) is 0 Å². The van der Waals surface area contributed by atoms with Crippen LogP contribution < -0.4 is 9.47 Å². The molecule has 0 N–H and O–H groups in total. The highest BCUT2D eigenvalue weighted by Gasteiger charge is 2.45. The van der Waals surface area contributed by atoms with Gasteiger partial charge in [-0.1, -0.05) is 43.6 Å². The van der Waals surface area contributed by atoms with Crippen molar-refractivity contribution in [3.63, 3.8) is 0 Å². The Balaban J connectivity index is 1.46. The van der Waals surface area contributed by atoms with Gasteiger partial charge in [0.15, 0.2) is 11.5 Å². The Morgan fingerprint density at radius 3 is 2.32 bits per heavy atom. The first-order valence-electron chi connectivity index (χ1n) is 9.90. The SMILES string of the molecule is Cc1ccc2c(c1)OC1(CCN(C(=O)[C@H](c3ccc(Cl)cc3)C(C)C)CC1)O2. The van der Waals surface area contributed by atoms with Crippen LogP contribution in [0.15, 0.2) is 42.5 Å². The second-order valence-electron chi connectivity index (χ2n) is 8.16. The van der Waals surface area contributed by atoms with Gasteiger partial charge in [-0.25, -0.2) is 0 Å². The fraction of sp³-hybridized carbons (Fsp3) is 0.435. The summed E-state index contributed by atoms with van der Waals surface area (Å²) >= 11 is 6.02. The molecule has 28 heavy (non-hydrogen) atoms. The summed E-state index contributed by atoms with van der Waals surface area (Å²) in [7, 11) is 0. The average molecular weight is 400 g/mol. The number of hydrogen-bond donors (Lipinski definition) is 0. The molecule has 4 nitrogen and oxygen atoms in total. The third-order valence-corrected chi connectivity index (χ3v) is 5.94. The molecular weight excluding hydrogens is 374 g/mol. The summed E-state index contributed by atoms with van der Waals surface area (Å²) in [5, 5.41) is 0.684. The van der Waals surface area contributed by atoms with Gasteiger partial charge in [0.2, 0.25) is 5.91 Å². The second kappa shape index (κ2) is 7.32. The number of hydrogen-bond acceptors (Lipinski definition) is 3. The first-order valence-corrected chi connectivity index (χ1v) is 10.3. The molecule has 2 aromatic carbocycles. The molecule has 5 heteroatoms. The van der Waals surface area contributed by atoms with Crippen molar-refractivity contribution in [2.75, 3.05) is 13.1 Å². The second-order valence-corrected chi connectivity index (χ2v) is 8.60. The van der Waals surface area contributed by atoms with Crippen LogP contribution in [0.5, 0.6) is 11.5 Å². The molecule has 0 bridgehead atoms. The van der Waals surface area contributed by atoms with E-state index >= 15 is 0 Å². The number of fused-ring (bicyclic) bond motifs is 1. The van der Waals surface area contributed by atoms with Crippen LogP contribution in [0.25, 0.3) is 0 Å². The highest BCUT2D eigenvalue weighted by atomic mass is 35.5. The van der Waals surface area contributed by atoms with Gasteiger partial charge in [-0.05, 0) is 48.2 Å². The number of nitrogens with zero attached hydrogens (tertiary/aromatic N) is 1. The molecule has 0 aromatic heterocycles. The third kappa shape index (κ3) is 3.58. The Hall–Kier alpha value is -2.20. The number of amides is 1. The molecule has 0 unspecified atom stereocenters. The minimum Gasteiger partial charge on any atom is -0.448 e.